The van der Waals surface area contributed by atoms with Gasteiger partial charge < -0.3 is 10.4 Å². The lowest BCUT2D eigenvalue weighted by molar-refractivity contribution is -0.386. The number of piperazine rings is 1. The summed E-state index contributed by atoms with van der Waals surface area (Å²) in [6.07, 6.45) is -2.74. The van der Waals surface area contributed by atoms with E-state index >= 15 is 0 Å². The maximum Gasteiger partial charge on any atom is 0.313 e. The van der Waals surface area contributed by atoms with Gasteiger partial charge in [0.15, 0.2) is 5.75 Å². The first kappa shape index (κ1) is 21.8. The zero-order valence-corrected chi connectivity index (χ0v) is 14.0. The largest absolute Gasteiger partial charge is 0.502 e. The Bertz CT molecular complexity index is 543. The molecule has 23 heavy (non-hydrogen) atoms. The van der Waals surface area contributed by atoms with Gasteiger partial charge in [-0.2, -0.15) is 0 Å². The molecule has 0 aliphatic carbocycles. The quantitative estimate of drug-likeness (QED) is 0.626. The Morgan fingerprint density at radius 3 is 2.35 bits per heavy atom. The minimum Gasteiger partial charge on any atom is -0.502 e. The van der Waals surface area contributed by atoms with Gasteiger partial charge in [-0.15, -0.1) is 24.8 Å². The molecule has 1 atom stereocenters. The molecule has 10 heteroatoms. The van der Waals surface area contributed by atoms with Gasteiger partial charge in [-0.1, -0.05) is 12.1 Å². The highest BCUT2D eigenvalue weighted by atomic mass is 35.5. The van der Waals surface area contributed by atoms with E-state index in [4.69, 9.17) is 0 Å². The molecule has 0 saturated carbocycles. The molecular formula is C13H19Cl2F2N3O3. The van der Waals surface area contributed by atoms with Crippen LogP contribution in [0.5, 0.6) is 5.75 Å². The summed E-state index contributed by atoms with van der Waals surface area (Å²) in [5.74, 6) is -0.663. The number of nitro benzene ring substituents is 1. The summed E-state index contributed by atoms with van der Waals surface area (Å²) in [5.41, 5.74) is -0.355. The number of hydrogen-bond donors (Lipinski definition) is 2. The maximum absolute atomic E-state index is 13.4. The number of benzene rings is 1. The van der Waals surface area contributed by atoms with Gasteiger partial charge in [0.05, 0.1) is 4.92 Å². The second-order valence-corrected chi connectivity index (χ2v) is 4.99. The second kappa shape index (κ2) is 9.17. The van der Waals surface area contributed by atoms with Gasteiger partial charge in [0, 0.05) is 37.3 Å². The highest BCUT2D eigenvalue weighted by Crippen LogP contribution is 2.40. The van der Waals surface area contributed by atoms with E-state index in [9.17, 15) is 24.0 Å². The van der Waals surface area contributed by atoms with E-state index in [0.29, 0.717) is 26.2 Å². The van der Waals surface area contributed by atoms with Crippen molar-refractivity contribution < 1.29 is 18.8 Å². The summed E-state index contributed by atoms with van der Waals surface area (Å²) in [4.78, 5) is 11.8. The van der Waals surface area contributed by atoms with Gasteiger partial charge in [0.1, 0.15) is 6.04 Å². The van der Waals surface area contributed by atoms with Gasteiger partial charge in [0.2, 0.25) is 0 Å². The topological polar surface area (TPSA) is 78.6 Å². The molecule has 1 saturated heterocycles. The van der Waals surface area contributed by atoms with Gasteiger partial charge in [-0.05, 0) is 6.92 Å². The Morgan fingerprint density at radius 2 is 1.87 bits per heavy atom. The minimum absolute atomic E-state index is 0. The van der Waals surface area contributed by atoms with Crippen LogP contribution in [0.15, 0.2) is 12.1 Å². The Morgan fingerprint density at radius 1 is 1.30 bits per heavy atom. The van der Waals surface area contributed by atoms with Crippen molar-refractivity contribution in [1.29, 1.82) is 0 Å². The lowest BCUT2D eigenvalue weighted by atomic mass is 10.00. The number of alkyl halides is 2. The first-order valence-corrected chi connectivity index (χ1v) is 6.63. The number of aromatic hydroxyl groups is 1. The molecule has 1 aromatic rings. The fourth-order valence-corrected chi connectivity index (χ4v) is 2.62. The number of phenols is 1. The first-order valence-electron chi connectivity index (χ1n) is 6.63. The van der Waals surface area contributed by atoms with Crippen LogP contribution in [0.3, 0.4) is 0 Å². The van der Waals surface area contributed by atoms with E-state index in [0.717, 1.165) is 0 Å². The molecule has 0 bridgehead atoms. The average molecular weight is 374 g/mol. The van der Waals surface area contributed by atoms with Crippen molar-refractivity contribution in [2.45, 2.75) is 19.4 Å². The van der Waals surface area contributed by atoms with Crippen molar-refractivity contribution in [3.05, 3.63) is 33.4 Å². The molecule has 0 unspecified atom stereocenters. The summed E-state index contributed by atoms with van der Waals surface area (Å²) in [6.45, 7) is 3.39. The predicted molar refractivity (Wildman–Crippen MR) is 87.2 cm³/mol. The molecule has 0 spiro atoms. The molecule has 0 aromatic heterocycles. The van der Waals surface area contributed by atoms with Crippen molar-refractivity contribution in [1.82, 2.24) is 10.2 Å². The monoisotopic (exact) mass is 373 g/mol. The normalized spacial score (nSPS) is 16.3. The lowest BCUT2D eigenvalue weighted by Gasteiger charge is -2.34. The summed E-state index contributed by atoms with van der Waals surface area (Å²) in [5, 5.41) is 24.1. The molecule has 6 nitrogen and oxygen atoms in total. The van der Waals surface area contributed by atoms with Gasteiger partial charge in [-0.25, -0.2) is 8.78 Å². The van der Waals surface area contributed by atoms with Gasteiger partial charge in [0.25, 0.3) is 6.43 Å². The number of nitrogens with zero attached hydrogens (tertiary/aromatic N) is 2. The molecule has 2 N–H and O–H groups in total. The van der Waals surface area contributed by atoms with Crippen molar-refractivity contribution >= 4 is 30.5 Å². The molecule has 132 valence electrons. The van der Waals surface area contributed by atoms with Crippen molar-refractivity contribution in [2.75, 3.05) is 26.2 Å². The van der Waals surface area contributed by atoms with Gasteiger partial charge >= 0.3 is 5.69 Å². The van der Waals surface area contributed by atoms with Crippen LogP contribution in [-0.4, -0.2) is 47.5 Å². The third kappa shape index (κ3) is 4.63. The number of nitro groups is 1. The number of nitrogens with one attached hydrogen (secondary N) is 1. The van der Waals surface area contributed by atoms with E-state index < -0.39 is 28.8 Å². The summed E-state index contributed by atoms with van der Waals surface area (Å²) in [7, 11) is 0. The van der Waals surface area contributed by atoms with E-state index in [1.165, 1.54) is 24.0 Å². The van der Waals surface area contributed by atoms with Crippen molar-refractivity contribution in [3.63, 3.8) is 0 Å². The molecule has 1 heterocycles. The molecule has 0 radical (unpaired) electrons. The molecular weight excluding hydrogens is 355 g/mol. The third-order valence-electron chi connectivity index (χ3n) is 3.67. The Balaban J connectivity index is 0.00000242. The van der Waals surface area contributed by atoms with Crippen molar-refractivity contribution in [3.8, 4) is 5.75 Å². The molecule has 1 aliphatic rings. The molecule has 2 rings (SSSR count). The van der Waals surface area contributed by atoms with Gasteiger partial charge in [-0.3, -0.25) is 15.0 Å². The SMILES string of the molecule is Cc1ccc([C@@H](C(F)F)N2CCNCC2)c(O)c1[N+](=O)[O-].Cl.Cl. The zero-order valence-electron chi connectivity index (χ0n) is 12.4. The van der Waals surface area contributed by atoms with Crippen LogP contribution in [-0.2, 0) is 0 Å². The molecule has 1 aliphatic heterocycles. The Hall–Kier alpha value is -1.22. The first-order chi connectivity index (χ1) is 9.93. The van der Waals surface area contributed by atoms with Crippen LogP contribution in [0.4, 0.5) is 14.5 Å². The fraction of sp³-hybridized carbons (Fsp3) is 0.538. The van der Waals surface area contributed by atoms with E-state index in [1.54, 1.807) is 0 Å². The van der Waals surface area contributed by atoms with Crippen LogP contribution < -0.4 is 5.32 Å². The average Bonchev–Trinajstić information content (AvgIpc) is 2.42. The van der Waals surface area contributed by atoms with Crippen LogP contribution >= 0.6 is 24.8 Å². The van der Waals surface area contributed by atoms with E-state index in [-0.39, 0.29) is 35.9 Å². The standard InChI is InChI=1S/C13H17F2N3O3.2ClH/c1-8-2-3-9(12(19)10(8)18(20)21)11(13(14)15)17-6-4-16-5-7-17;;/h2-3,11,13,16,19H,4-7H2,1H3;2*1H/t11-;;/m0../s1. The number of hydrogen-bond acceptors (Lipinski definition) is 5. The number of rotatable bonds is 4. The summed E-state index contributed by atoms with van der Waals surface area (Å²) in [6, 6.07) is 1.40. The van der Waals surface area contributed by atoms with Crippen molar-refractivity contribution in [2.24, 2.45) is 0 Å². The van der Waals surface area contributed by atoms with E-state index in [1.807, 2.05) is 0 Å². The Kier molecular flexibility index (Phi) is 8.68. The molecule has 0 amide bonds. The summed E-state index contributed by atoms with van der Waals surface area (Å²) >= 11 is 0. The smallest absolute Gasteiger partial charge is 0.313 e. The number of aryl methyl sites for hydroxylation is 1. The minimum atomic E-state index is -2.74. The van der Waals surface area contributed by atoms with Crippen LogP contribution in [0, 0.1) is 17.0 Å². The highest BCUT2D eigenvalue weighted by molar-refractivity contribution is 5.85. The van der Waals surface area contributed by atoms with Crippen LogP contribution in [0.25, 0.3) is 0 Å². The second-order valence-electron chi connectivity index (χ2n) is 4.99. The molecule has 1 aromatic carbocycles. The molecule has 1 fully saturated rings. The van der Waals surface area contributed by atoms with Crippen LogP contribution in [0.1, 0.15) is 17.2 Å². The number of halogens is 4. The van der Waals surface area contributed by atoms with Crippen LogP contribution in [0.2, 0.25) is 0 Å². The Labute approximate surface area is 144 Å². The maximum atomic E-state index is 13.4. The lowest BCUT2D eigenvalue weighted by Crippen LogP contribution is -2.46. The predicted octanol–water partition coefficient (Wildman–Crippen LogP) is 2.66. The number of phenolic OH excluding ortho intramolecular Hbond substituents is 1. The summed E-state index contributed by atoms with van der Waals surface area (Å²) < 4.78 is 26.9. The highest BCUT2D eigenvalue weighted by Gasteiger charge is 2.35. The zero-order chi connectivity index (χ0) is 15.6. The third-order valence-corrected chi connectivity index (χ3v) is 3.67. The fourth-order valence-electron chi connectivity index (χ4n) is 2.62. The van der Waals surface area contributed by atoms with E-state index in [2.05, 4.69) is 5.32 Å².